The van der Waals surface area contributed by atoms with Crippen molar-refractivity contribution in [1.29, 1.82) is 0 Å². The molecule has 0 fully saturated rings. The second kappa shape index (κ2) is 3.74. The van der Waals surface area contributed by atoms with E-state index in [4.69, 9.17) is 5.73 Å². The van der Waals surface area contributed by atoms with Crippen molar-refractivity contribution < 1.29 is 5.11 Å². The van der Waals surface area contributed by atoms with Gasteiger partial charge in [-0.2, -0.15) is 5.10 Å². The number of hydrogen-bond donors (Lipinski definition) is 3. The van der Waals surface area contributed by atoms with E-state index in [1.807, 2.05) is 24.3 Å². The topological polar surface area (TPSA) is 74.9 Å². The molecule has 0 aliphatic rings. The smallest absolute Gasteiger partial charge is 0.145 e. The van der Waals surface area contributed by atoms with Gasteiger partial charge in [0.15, 0.2) is 0 Å². The summed E-state index contributed by atoms with van der Waals surface area (Å²) in [5, 5.41) is 16.0. The highest BCUT2D eigenvalue weighted by atomic mass is 16.3. The van der Waals surface area contributed by atoms with Crippen molar-refractivity contribution in [1.82, 2.24) is 10.2 Å². The van der Waals surface area contributed by atoms with Gasteiger partial charge in [-0.25, -0.2) is 0 Å². The lowest BCUT2D eigenvalue weighted by Gasteiger charge is -2.04. The van der Waals surface area contributed by atoms with Crippen molar-refractivity contribution in [2.24, 2.45) is 0 Å². The molecule has 78 valence electrons. The summed E-state index contributed by atoms with van der Waals surface area (Å²) >= 11 is 0. The van der Waals surface area contributed by atoms with Gasteiger partial charge in [-0.1, -0.05) is 24.3 Å². The average Bonchev–Trinajstić information content (AvgIpc) is 2.65. The number of aliphatic hydroxyl groups excluding tert-OH is 1. The monoisotopic (exact) mass is 203 g/mol. The normalized spacial score (nSPS) is 12.7. The minimum Gasteiger partial charge on any atom is -0.389 e. The molecular formula is C11H13N3O. The number of aromatic nitrogens is 2. The second-order valence-electron chi connectivity index (χ2n) is 3.50. The van der Waals surface area contributed by atoms with E-state index in [2.05, 4.69) is 10.2 Å². The lowest BCUT2D eigenvalue weighted by molar-refractivity contribution is 0.199. The Balaban J connectivity index is 2.31. The third-order valence-electron chi connectivity index (χ3n) is 2.30. The van der Waals surface area contributed by atoms with Crippen LogP contribution in [0.2, 0.25) is 0 Å². The number of nitrogens with one attached hydrogen (secondary N) is 1. The molecule has 1 aromatic heterocycles. The fourth-order valence-electron chi connectivity index (χ4n) is 1.43. The van der Waals surface area contributed by atoms with Crippen LogP contribution in [0.15, 0.2) is 30.3 Å². The average molecular weight is 203 g/mol. The fraction of sp³-hybridized carbons (Fsp3) is 0.182. The summed E-state index contributed by atoms with van der Waals surface area (Å²) in [7, 11) is 0. The molecule has 1 atom stereocenters. The van der Waals surface area contributed by atoms with Crippen LogP contribution in [0.3, 0.4) is 0 Å². The molecule has 4 N–H and O–H groups in total. The van der Waals surface area contributed by atoms with E-state index >= 15 is 0 Å². The molecule has 0 aliphatic carbocycles. The highest BCUT2D eigenvalue weighted by Gasteiger charge is 2.03. The molecule has 2 rings (SSSR count). The van der Waals surface area contributed by atoms with Crippen LogP contribution >= 0.6 is 0 Å². The first-order valence-electron chi connectivity index (χ1n) is 4.76. The molecule has 1 aromatic carbocycles. The summed E-state index contributed by atoms with van der Waals surface area (Å²) in [6.07, 6.45) is -0.439. The van der Waals surface area contributed by atoms with Crippen LogP contribution in [0.1, 0.15) is 18.6 Å². The van der Waals surface area contributed by atoms with E-state index < -0.39 is 6.10 Å². The Labute approximate surface area is 87.7 Å². The number of nitrogen functional groups attached to an aromatic ring is 1. The van der Waals surface area contributed by atoms with Crippen molar-refractivity contribution in [2.45, 2.75) is 13.0 Å². The standard InChI is InChI=1S/C11H13N3O/c1-7(15)8-2-4-9(5-3-8)10-6-11(12)14-13-10/h2-7,15H,1H3,(H3,12,13,14). The molecule has 4 heteroatoms. The van der Waals surface area contributed by atoms with Crippen LogP contribution in [0.25, 0.3) is 11.3 Å². The van der Waals surface area contributed by atoms with Crippen LogP contribution < -0.4 is 5.73 Å². The van der Waals surface area contributed by atoms with Crippen molar-refractivity contribution >= 4 is 5.82 Å². The Morgan fingerprint density at radius 3 is 2.47 bits per heavy atom. The first-order chi connectivity index (χ1) is 7.16. The van der Waals surface area contributed by atoms with Crippen molar-refractivity contribution in [3.05, 3.63) is 35.9 Å². The van der Waals surface area contributed by atoms with E-state index in [1.165, 1.54) is 0 Å². The van der Waals surface area contributed by atoms with Crippen LogP contribution in [0, 0.1) is 0 Å². The van der Waals surface area contributed by atoms with Gasteiger partial charge in [0.05, 0.1) is 11.8 Å². The van der Waals surface area contributed by atoms with E-state index in [0.29, 0.717) is 5.82 Å². The van der Waals surface area contributed by atoms with Gasteiger partial charge in [0.2, 0.25) is 0 Å². The summed E-state index contributed by atoms with van der Waals surface area (Å²) in [6, 6.07) is 9.40. The molecule has 0 aliphatic heterocycles. The van der Waals surface area contributed by atoms with Crippen LogP contribution in [0.4, 0.5) is 5.82 Å². The van der Waals surface area contributed by atoms with Gasteiger partial charge in [-0.3, -0.25) is 5.10 Å². The Kier molecular flexibility index (Phi) is 2.43. The molecule has 0 bridgehead atoms. The summed E-state index contributed by atoms with van der Waals surface area (Å²) in [6.45, 7) is 1.74. The number of nitrogens with zero attached hydrogens (tertiary/aromatic N) is 1. The van der Waals surface area contributed by atoms with E-state index in [9.17, 15) is 5.11 Å². The largest absolute Gasteiger partial charge is 0.389 e. The van der Waals surface area contributed by atoms with Crippen molar-refractivity contribution in [2.75, 3.05) is 5.73 Å². The van der Waals surface area contributed by atoms with E-state index in [0.717, 1.165) is 16.8 Å². The summed E-state index contributed by atoms with van der Waals surface area (Å²) in [5.74, 6) is 0.476. The zero-order chi connectivity index (χ0) is 10.8. The van der Waals surface area contributed by atoms with Crippen LogP contribution in [-0.4, -0.2) is 15.3 Å². The molecule has 0 amide bonds. The van der Waals surface area contributed by atoms with Crippen molar-refractivity contribution in [3.63, 3.8) is 0 Å². The zero-order valence-corrected chi connectivity index (χ0v) is 8.44. The maximum absolute atomic E-state index is 9.35. The molecule has 1 heterocycles. The second-order valence-corrected chi connectivity index (χ2v) is 3.50. The Hall–Kier alpha value is -1.81. The summed E-state index contributed by atoms with van der Waals surface area (Å²) < 4.78 is 0. The molecule has 1 unspecified atom stereocenters. The molecule has 15 heavy (non-hydrogen) atoms. The van der Waals surface area contributed by atoms with Gasteiger partial charge >= 0.3 is 0 Å². The van der Waals surface area contributed by atoms with Crippen LogP contribution in [0.5, 0.6) is 0 Å². The number of aromatic amines is 1. The number of rotatable bonds is 2. The highest BCUT2D eigenvalue weighted by Crippen LogP contribution is 2.21. The first kappa shape index (κ1) is 9.73. The number of aliphatic hydroxyl groups is 1. The minimum atomic E-state index is -0.439. The molecule has 4 nitrogen and oxygen atoms in total. The quantitative estimate of drug-likeness (QED) is 0.695. The number of H-pyrrole nitrogens is 1. The van der Waals surface area contributed by atoms with Gasteiger partial charge in [0, 0.05) is 6.07 Å². The number of anilines is 1. The van der Waals surface area contributed by atoms with Gasteiger partial charge in [-0.05, 0) is 18.1 Å². The fourth-order valence-corrected chi connectivity index (χ4v) is 1.43. The zero-order valence-electron chi connectivity index (χ0n) is 8.44. The van der Waals surface area contributed by atoms with Crippen LogP contribution in [-0.2, 0) is 0 Å². The first-order valence-corrected chi connectivity index (χ1v) is 4.76. The molecule has 2 aromatic rings. The highest BCUT2D eigenvalue weighted by molar-refractivity contribution is 5.62. The molecular weight excluding hydrogens is 190 g/mol. The van der Waals surface area contributed by atoms with Gasteiger partial charge in [0.25, 0.3) is 0 Å². The molecule has 0 saturated heterocycles. The van der Waals surface area contributed by atoms with Gasteiger partial charge in [-0.15, -0.1) is 0 Å². The third kappa shape index (κ3) is 1.99. The Bertz CT molecular complexity index is 445. The Morgan fingerprint density at radius 1 is 1.33 bits per heavy atom. The summed E-state index contributed by atoms with van der Waals surface area (Å²) in [5.41, 5.74) is 8.29. The minimum absolute atomic E-state index is 0.439. The van der Waals surface area contributed by atoms with Gasteiger partial charge in [0.1, 0.15) is 5.82 Å². The lowest BCUT2D eigenvalue weighted by atomic mass is 10.1. The number of hydrogen-bond acceptors (Lipinski definition) is 3. The molecule has 0 radical (unpaired) electrons. The number of nitrogens with two attached hydrogens (primary N) is 1. The predicted molar refractivity (Wildman–Crippen MR) is 59.1 cm³/mol. The molecule has 0 spiro atoms. The number of benzene rings is 1. The van der Waals surface area contributed by atoms with E-state index in [1.54, 1.807) is 13.0 Å². The third-order valence-corrected chi connectivity index (χ3v) is 2.30. The SMILES string of the molecule is CC(O)c1ccc(-c2cc(N)n[nH]2)cc1. The van der Waals surface area contributed by atoms with Gasteiger partial charge < -0.3 is 10.8 Å². The maximum atomic E-state index is 9.35. The van der Waals surface area contributed by atoms with Crippen molar-refractivity contribution in [3.8, 4) is 11.3 Å². The maximum Gasteiger partial charge on any atom is 0.145 e. The van der Waals surface area contributed by atoms with E-state index in [-0.39, 0.29) is 0 Å². The predicted octanol–water partition coefficient (Wildman–Crippen LogP) is 1.71. The summed E-state index contributed by atoms with van der Waals surface area (Å²) in [4.78, 5) is 0. The Morgan fingerprint density at radius 2 is 2.00 bits per heavy atom. The molecule has 0 saturated carbocycles. The lowest BCUT2D eigenvalue weighted by Crippen LogP contribution is -1.90.